The number of amides is 1. The maximum Gasteiger partial charge on any atom is 0.221 e. The quantitative estimate of drug-likeness (QED) is 0.471. The fourth-order valence-electron chi connectivity index (χ4n) is 3.14. The second-order valence-electron chi connectivity index (χ2n) is 6.77. The van der Waals surface area contributed by atoms with E-state index in [9.17, 15) is 9.59 Å². The molecule has 8 heteroatoms. The minimum absolute atomic E-state index is 0.0678. The van der Waals surface area contributed by atoms with E-state index < -0.39 is 0 Å². The molecule has 158 valence electrons. The number of rotatable bonds is 11. The highest BCUT2D eigenvalue weighted by molar-refractivity contribution is 7.98. The lowest BCUT2D eigenvalue weighted by Crippen LogP contribution is -2.30. The molecule has 1 N–H and O–H groups in total. The van der Waals surface area contributed by atoms with Gasteiger partial charge in [0, 0.05) is 24.6 Å². The minimum Gasteiger partial charge on any atom is -0.494 e. The third-order valence-electron chi connectivity index (χ3n) is 4.66. The lowest BCUT2D eigenvalue weighted by Gasteiger charge is -2.17. The standard InChI is InChI=1S/C22H26N4O3S/c1-3-29-17-9-7-16(8-10-17)19(27)11-12-21(28)23-18(13-15-30-2)22-25-24-20-6-4-5-14-26(20)22/h4-10,14,18H,3,11-13,15H2,1-2H3,(H,23,28). The first-order valence-electron chi connectivity index (χ1n) is 9.96. The van der Waals surface area contributed by atoms with E-state index in [1.165, 1.54) is 0 Å². The Morgan fingerprint density at radius 2 is 1.93 bits per heavy atom. The van der Waals surface area contributed by atoms with Gasteiger partial charge in [-0.2, -0.15) is 11.8 Å². The van der Waals surface area contributed by atoms with Gasteiger partial charge in [-0.05, 0) is 61.8 Å². The highest BCUT2D eigenvalue weighted by atomic mass is 32.2. The smallest absolute Gasteiger partial charge is 0.221 e. The van der Waals surface area contributed by atoms with Gasteiger partial charge in [-0.1, -0.05) is 6.07 Å². The predicted molar refractivity (Wildman–Crippen MR) is 118 cm³/mol. The number of pyridine rings is 1. The van der Waals surface area contributed by atoms with Crippen molar-refractivity contribution in [2.45, 2.75) is 32.2 Å². The third kappa shape index (κ3) is 5.60. The van der Waals surface area contributed by atoms with Crippen molar-refractivity contribution >= 4 is 29.1 Å². The van der Waals surface area contributed by atoms with Crippen molar-refractivity contribution in [2.75, 3.05) is 18.6 Å². The van der Waals surface area contributed by atoms with E-state index in [4.69, 9.17) is 4.74 Å². The van der Waals surface area contributed by atoms with Crippen molar-refractivity contribution in [2.24, 2.45) is 0 Å². The van der Waals surface area contributed by atoms with Crippen LogP contribution in [-0.2, 0) is 4.79 Å². The fraction of sp³-hybridized carbons (Fsp3) is 0.364. The van der Waals surface area contributed by atoms with Crippen molar-refractivity contribution in [1.82, 2.24) is 19.9 Å². The van der Waals surface area contributed by atoms with Crippen LogP contribution in [-0.4, -0.2) is 44.9 Å². The Morgan fingerprint density at radius 3 is 2.67 bits per heavy atom. The number of benzene rings is 1. The van der Waals surface area contributed by atoms with Crippen LogP contribution in [0.4, 0.5) is 0 Å². The summed E-state index contributed by atoms with van der Waals surface area (Å²) in [5.74, 6) is 2.06. The van der Waals surface area contributed by atoms with E-state index in [0.29, 0.717) is 18.0 Å². The first kappa shape index (κ1) is 21.8. The topological polar surface area (TPSA) is 85.6 Å². The molecular formula is C22H26N4O3S. The molecule has 0 aliphatic carbocycles. The van der Waals surface area contributed by atoms with E-state index >= 15 is 0 Å². The van der Waals surface area contributed by atoms with Crippen LogP contribution in [0.25, 0.3) is 5.65 Å². The van der Waals surface area contributed by atoms with Gasteiger partial charge in [-0.15, -0.1) is 10.2 Å². The average molecular weight is 427 g/mol. The number of hydrogen-bond acceptors (Lipinski definition) is 6. The summed E-state index contributed by atoms with van der Waals surface area (Å²) in [7, 11) is 0. The molecular weight excluding hydrogens is 400 g/mol. The zero-order valence-electron chi connectivity index (χ0n) is 17.2. The molecule has 2 heterocycles. The summed E-state index contributed by atoms with van der Waals surface area (Å²) < 4.78 is 7.28. The number of nitrogens with one attached hydrogen (secondary N) is 1. The zero-order chi connectivity index (χ0) is 21.3. The van der Waals surface area contributed by atoms with E-state index in [1.807, 2.05) is 42.0 Å². The number of carbonyl (C=O) groups is 2. The largest absolute Gasteiger partial charge is 0.494 e. The number of ketones is 1. The van der Waals surface area contributed by atoms with Crippen LogP contribution in [0.5, 0.6) is 5.75 Å². The molecule has 1 unspecified atom stereocenters. The van der Waals surface area contributed by atoms with Crippen LogP contribution in [0.3, 0.4) is 0 Å². The molecule has 0 fully saturated rings. The van der Waals surface area contributed by atoms with E-state index in [-0.39, 0.29) is 30.6 Å². The molecule has 0 radical (unpaired) electrons. The van der Waals surface area contributed by atoms with Gasteiger partial charge >= 0.3 is 0 Å². The normalized spacial score (nSPS) is 11.9. The number of hydrogen-bond donors (Lipinski definition) is 1. The highest BCUT2D eigenvalue weighted by Gasteiger charge is 2.20. The van der Waals surface area contributed by atoms with Crippen molar-refractivity contribution in [3.05, 3.63) is 60.0 Å². The molecule has 0 aliphatic heterocycles. The molecule has 0 aliphatic rings. The van der Waals surface area contributed by atoms with Gasteiger partial charge in [-0.25, -0.2) is 0 Å². The monoisotopic (exact) mass is 426 g/mol. The Hall–Kier alpha value is -2.87. The van der Waals surface area contributed by atoms with E-state index in [2.05, 4.69) is 15.5 Å². The molecule has 3 aromatic rings. The Morgan fingerprint density at radius 1 is 1.13 bits per heavy atom. The average Bonchev–Trinajstić information content (AvgIpc) is 3.20. The number of nitrogens with zero attached hydrogens (tertiary/aromatic N) is 3. The summed E-state index contributed by atoms with van der Waals surface area (Å²) >= 11 is 1.71. The van der Waals surface area contributed by atoms with Crippen molar-refractivity contribution < 1.29 is 14.3 Å². The number of aromatic nitrogens is 3. The third-order valence-corrected chi connectivity index (χ3v) is 5.31. The first-order chi connectivity index (χ1) is 14.6. The first-order valence-corrected chi connectivity index (χ1v) is 11.4. The summed E-state index contributed by atoms with van der Waals surface area (Å²) in [6, 6.07) is 12.4. The molecule has 0 spiro atoms. The molecule has 2 aromatic heterocycles. The number of thioether (sulfide) groups is 1. The van der Waals surface area contributed by atoms with Gasteiger partial charge in [0.1, 0.15) is 5.75 Å². The van der Waals surface area contributed by atoms with Gasteiger partial charge in [0.25, 0.3) is 0 Å². The molecule has 0 saturated heterocycles. The van der Waals surface area contributed by atoms with E-state index in [1.54, 1.807) is 36.0 Å². The number of ether oxygens (including phenoxy) is 1. The second-order valence-corrected chi connectivity index (χ2v) is 7.75. The molecule has 1 aromatic carbocycles. The minimum atomic E-state index is -0.261. The predicted octanol–water partition coefficient (Wildman–Crippen LogP) is 3.70. The van der Waals surface area contributed by atoms with Crippen molar-refractivity contribution in [3.63, 3.8) is 0 Å². The summed E-state index contributed by atoms with van der Waals surface area (Å²) in [5, 5.41) is 11.5. The summed E-state index contributed by atoms with van der Waals surface area (Å²) in [6.07, 6.45) is 4.91. The van der Waals surface area contributed by atoms with Crippen LogP contribution < -0.4 is 10.1 Å². The van der Waals surface area contributed by atoms with Gasteiger partial charge in [0.05, 0.1) is 12.6 Å². The fourth-order valence-corrected chi connectivity index (χ4v) is 3.61. The van der Waals surface area contributed by atoms with E-state index in [0.717, 1.165) is 23.6 Å². The van der Waals surface area contributed by atoms with Crippen LogP contribution in [0, 0.1) is 0 Å². The van der Waals surface area contributed by atoms with Crippen molar-refractivity contribution in [3.8, 4) is 5.75 Å². The number of fused-ring (bicyclic) bond motifs is 1. The molecule has 1 amide bonds. The summed E-state index contributed by atoms with van der Waals surface area (Å²) in [5.41, 5.74) is 1.32. The molecule has 0 bridgehead atoms. The lowest BCUT2D eigenvalue weighted by atomic mass is 10.1. The molecule has 0 saturated carbocycles. The molecule has 3 rings (SSSR count). The van der Waals surface area contributed by atoms with Gasteiger partial charge in [0.2, 0.25) is 5.91 Å². The van der Waals surface area contributed by atoms with Crippen molar-refractivity contribution in [1.29, 1.82) is 0 Å². The number of Topliss-reactive ketones (excluding diaryl/α,β-unsaturated/α-hetero) is 1. The Kier molecular flexibility index (Phi) is 7.84. The van der Waals surface area contributed by atoms with Crippen LogP contribution in [0.15, 0.2) is 48.7 Å². The van der Waals surface area contributed by atoms with Crippen LogP contribution in [0.1, 0.15) is 48.4 Å². The maximum absolute atomic E-state index is 12.6. The zero-order valence-corrected chi connectivity index (χ0v) is 18.0. The summed E-state index contributed by atoms with van der Waals surface area (Å²) in [4.78, 5) is 25.0. The Balaban J connectivity index is 1.61. The van der Waals surface area contributed by atoms with Crippen LogP contribution >= 0.6 is 11.8 Å². The SMILES string of the molecule is CCOc1ccc(C(=O)CCC(=O)NC(CCSC)c2nnc3ccccn23)cc1. The van der Waals surface area contributed by atoms with Gasteiger partial charge in [0.15, 0.2) is 17.3 Å². The lowest BCUT2D eigenvalue weighted by molar-refractivity contribution is -0.121. The second kappa shape index (κ2) is 10.8. The Labute approximate surface area is 180 Å². The molecule has 30 heavy (non-hydrogen) atoms. The highest BCUT2D eigenvalue weighted by Crippen LogP contribution is 2.19. The number of carbonyl (C=O) groups excluding carboxylic acids is 2. The van der Waals surface area contributed by atoms with Gasteiger partial charge in [-0.3, -0.25) is 14.0 Å². The van der Waals surface area contributed by atoms with Crippen LogP contribution in [0.2, 0.25) is 0 Å². The molecule has 7 nitrogen and oxygen atoms in total. The Bertz CT molecular complexity index is 987. The summed E-state index contributed by atoms with van der Waals surface area (Å²) in [6.45, 7) is 2.49. The molecule has 1 atom stereocenters. The van der Waals surface area contributed by atoms with Gasteiger partial charge < -0.3 is 10.1 Å². The maximum atomic E-state index is 12.6.